The highest BCUT2D eigenvalue weighted by Gasteiger charge is 2.41. The van der Waals surface area contributed by atoms with Gasteiger partial charge in [-0.05, 0) is 61.6 Å². The first-order chi connectivity index (χ1) is 16.4. The molecule has 34 heavy (non-hydrogen) atoms. The molecule has 1 aliphatic heterocycles. The van der Waals surface area contributed by atoms with Crippen molar-refractivity contribution in [2.75, 3.05) is 20.8 Å². The fourth-order valence-electron chi connectivity index (χ4n) is 4.85. The number of nitrogens with one attached hydrogen (secondary N) is 1. The van der Waals surface area contributed by atoms with Crippen LogP contribution in [-0.4, -0.2) is 32.6 Å². The average Bonchev–Trinajstić information content (AvgIpc) is 2.83. The Balaban J connectivity index is 1.77. The summed E-state index contributed by atoms with van der Waals surface area (Å²) in [5.74, 6) is -0.375. The maximum Gasteiger partial charge on any atom is 0.336 e. The number of rotatable bonds is 6. The van der Waals surface area contributed by atoms with Crippen LogP contribution in [-0.2, 0) is 14.3 Å². The van der Waals surface area contributed by atoms with Crippen LogP contribution in [0.5, 0.6) is 11.5 Å². The Labute approximate surface area is 198 Å². The summed E-state index contributed by atoms with van der Waals surface area (Å²) in [6.07, 6.45) is 0.866. The molecule has 7 heteroatoms. The van der Waals surface area contributed by atoms with Gasteiger partial charge >= 0.3 is 5.97 Å². The van der Waals surface area contributed by atoms with E-state index in [2.05, 4.69) is 5.32 Å². The molecule has 0 amide bonds. The highest BCUT2D eigenvalue weighted by atomic mass is 19.1. The number of allylic oxidation sites excluding steroid dienone is 3. The van der Waals surface area contributed by atoms with E-state index in [1.807, 2.05) is 18.2 Å². The van der Waals surface area contributed by atoms with E-state index in [-0.39, 0.29) is 30.5 Å². The molecule has 178 valence electrons. The van der Waals surface area contributed by atoms with Crippen molar-refractivity contribution in [3.8, 4) is 11.5 Å². The number of esters is 1. The van der Waals surface area contributed by atoms with Gasteiger partial charge in [0, 0.05) is 29.3 Å². The largest absolute Gasteiger partial charge is 0.493 e. The highest BCUT2D eigenvalue weighted by molar-refractivity contribution is 6.04. The molecule has 0 bridgehead atoms. The van der Waals surface area contributed by atoms with Gasteiger partial charge < -0.3 is 19.5 Å². The molecule has 2 aromatic rings. The van der Waals surface area contributed by atoms with Gasteiger partial charge in [-0.2, -0.15) is 0 Å². The summed E-state index contributed by atoms with van der Waals surface area (Å²) in [7, 11) is 3.16. The summed E-state index contributed by atoms with van der Waals surface area (Å²) in [5, 5.41) is 3.31. The zero-order valence-electron chi connectivity index (χ0n) is 19.7. The predicted octanol–water partition coefficient (Wildman–Crippen LogP) is 4.77. The minimum Gasteiger partial charge on any atom is -0.493 e. The summed E-state index contributed by atoms with van der Waals surface area (Å²) in [4.78, 5) is 26.5. The molecular weight excluding hydrogens is 437 g/mol. The van der Waals surface area contributed by atoms with Gasteiger partial charge in [0.15, 0.2) is 17.3 Å². The molecule has 0 spiro atoms. The number of Topliss-reactive ketones (excluding diaryl/α,β-unsaturated/α-hetero) is 1. The van der Waals surface area contributed by atoms with Gasteiger partial charge in [-0.15, -0.1) is 0 Å². The van der Waals surface area contributed by atoms with E-state index < -0.39 is 11.9 Å². The minimum atomic E-state index is -0.616. The number of ketones is 1. The van der Waals surface area contributed by atoms with Gasteiger partial charge in [0.05, 0.1) is 26.4 Å². The van der Waals surface area contributed by atoms with E-state index in [0.717, 1.165) is 11.3 Å². The Morgan fingerprint density at radius 1 is 1.03 bits per heavy atom. The smallest absolute Gasteiger partial charge is 0.336 e. The second-order valence-corrected chi connectivity index (χ2v) is 8.40. The number of carbonyl (C=O) groups is 2. The van der Waals surface area contributed by atoms with E-state index in [4.69, 9.17) is 14.2 Å². The summed E-state index contributed by atoms with van der Waals surface area (Å²) in [6, 6.07) is 11.6. The minimum absolute atomic E-state index is 0.0582. The van der Waals surface area contributed by atoms with Gasteiger partial charge in [0.1, 0.15) is 5.82 Å². The third-order valence-corrected chi connectivity index (χ3v) is 6.41. The first-order valence-corrected chi connectivity index (χ1v) is 11.3. The third-order valence-electron chi connectivity index (χ3n) is 6.41. The first kappa shape index (κ1) is 23.5. The molecule has 1 heterocycles. The van der Waals surface area contributed by atoms with Crippen molar-refractivity contribution in [2.24, 2.45) is 0 Å². The Morgan fingerprint density at radius 2 is 1.71 bits per heavy atom. The standard InChI is InChI=1S/C27H28FNO5/c1-5-34-27(31)24-15(2)29-20-12-18(17-8-11-22(32-3)23(14-17)33-4)13-21(30)26(20)25(24)16-6-9-19(28)10-7-16/h6-11,14,18,25,29H,5,12-13H2,1-4H3/t18-,25-/m0/s1. The van der Waals surface area contributed by atoms with Crippen LogP contribution in [0.15, 0.2) is 65.0 Å². The van der Waals surface area contributed by atoms with E-state index in [9.17, 15) is 14.0 Å². The maximum atomic E-state index is 13.7. The second kappa shape index (κ2) is 9.71. The maximum absolute atomic E-state index is 13.7. The molecule has 0 fully saturated rings. The lowest BCUT2D eigenvalue weighted by Crippen LogP contribution is -2.36. The summed E-state index contributed by atoms with van der Waals surface area (Å²) in [5.41, 5.74) is 3.97. The van der Waals surface area contributed by atoms with Gasteiger partial charge in [-0.1, -0.05) is 18.2 Å². The average molecular weight is 466 g/mol. The number of halogens is 1. The van der Waals surface area contributed by atoms with Gasteiger partial charge in [0.2, 0.25) is 0 Å². The molecule has 2 atom stereocenters. The topological polar surface area (TPSA) is 73.9 Å². The van der Waals surface area contributed by atoms with Crippen molar-refractivity contribution >= 4 is 11.8 Å². The molecule has 1 aliphatic carbocycles. The van der Waals surface area contributed by atoms with Crippen molar-refractivity contribution < 1.29 is 28.2 Å². The van der Waals surface area contributed by atoms with Crippen LogP contribution in [0.3, 0.4) is 0 Å². The fourth-order valence-corrected chi connectivity index (χ4v) is 4.85. The van der Waals surface area contributed by atoms with Crippen LogP contribution in [0.1, 0.15) is 49.7 Å². The Hall–Kier alpha value is -3.61. The normalized spacial score (nSPS) is 20.0. The number of dihydropyridines is 1. The molecular formula is C27H28FNO5. The Morgan fingerprint density at radius 3 is 2.35 bits per heavy atom. The SMILES string of the molecule is CCOC(=O)C1=C(C)NC2=C(C(=O)C[C@@H](c3ccc(OC)c(OC)c3)C2)[C@H]1c1ccc(F)cc1. The van der Waals surface area contributed by atoms with Crippen molar-refractivity contribution in [2.45, 2.75) is 38.5 Å². The fraction of sp³-hybridized carbons (Fsp3) is 0.333. The Bertz CT molecular complexity index is 1180. The number of benzene rings is 2. The molecule has 2 aliphatic rings. The van der Waals surface area contributed by atoms with Gasteiger partial charge in [-0.3, -0.25) is 4.79 Å². The molecule has 1 N–H and O–H groups in total. The van der Waals surface area contributed by atoms with Gasteiger partial charge in [0.25, 0.3) is 0 Å². The molecule has 0 radical (unpaired) electrons. The first-order valence-electron chi connectivity index (χ1n) is 11.3. The van der Waals surface area contributed by atoms with Crippen LogP contribution in [0.25, 0.3) is 0 Å². The van der Waals surface area contributed by atoms with Crippen LogP contribution < -0.4 is 14.8 Å². The second-order valence-electron chi connectivity index (χ2n) is 8.40. The molecule has 0 saturated carbocycles. The lowest BCUT2D eigenvalue weighted by molar-refractivity contribution is -0.138. The van der Waals surface area contributed by atoms with Crippen molar-refractivity contribution in [3.63, 3.8) is 0 Å². The van der Waals surface area contributed by atoms with Crippen LogP contribution in [0.4, 0.5) is 4.39 Å². The highest BCUT2D eigenvalue weighted by Crippen LogP contribution is 2.46. The summed E-state index contributed by atoms with van der Waals surface area (Å²) in [6.45, 7) is 3.76. The number of hydrogen-bond acceptors (Lipinski definition) is 6. The van der Waals surface area contributed by atoms with Crippen LogP contribution >= 0.6 is 0 Å². The van der Waals surface area contributed by atoms with Crippen LogP contribution in [0.2, 0.25) is 0 Å². The molecule has 6 nitrogen and oxygen atoms in total. The Kier molecular flexibility index (Phi) is 6.72. The molecule has 4 rings (SSSR count). The predicted molar refractivity (Wildman–Crippen MR) is 125 cm³/mol. The van der Waals surface area contributed by atoms with E-state index in [1.54, 1.807) is 40.2 Å². The summed E-state index contributed by atoms with van der Waals surface area (Å²) < 4.78 is 29.7. The van der Waals surface area contributed by atoms with Crippen molar-refractivity contribution in [1.29, 1.82) is 0 Å². The van der Waals surface area contributed by atoms with E-state index >= 15 is 0 Å². The molecule has 0 unspecified atom stereocenters. The van der Waals surface area contributed by atoms with E-state index in [0.29, 0.717) is 40.3 Å². The number of hydrogen-bond donors (Lipinski definition) is 1. The van der Waals surface area contributed by atoms with Gasteiger partial charge in [-0.25, -0.2) is 9.18 Å². The number of ether oxygens (including phenoxy) is 3. The third kappa shape index (κ3) is 4.30. The summed E-state index contributed by atoms with van der Waals surface area (Å²) >= 11 is 0. The number of carbonyl (C=O) groups excluding carboxylic acids is 2. The number of methoxy groups -OCH3 is 2. The molecule has 2 aromatic carbocycles. The lowest BCUT2D eigenvalue weighted by atomic mass is 9.71. The monoisotopic (exact) mass is 465 g/mol. The van der Waals surface area contributed by atoms with Crippen molar-refractivity contribution in [3.05, 3.63) is 81.9 Å². The zero-order chi connectivity index (χ0) is 24.4. The lowest BCUT2D eigenvalue weighted by Gasteiger charge is -2.36. The molecule has 0 aromatic heterocycles. The quantitative estimate of drug-likeness (QED) is 0.620. The molecule has 0 saturated heterocycles. The van der Waals surface area contributed by atoms with E-state index in [1.165, 1.54) is 12.1 Å². The van der Waals surface area contributed by atoms with Crippen molar-refractivity contribution in [1.82, 2.24) is 5.32 Å². The van der Waals surface area contributed by atoms with Crippen LogP contribution in [0, 0.1) is 5.82 Å². The zero-order valence-corrected chi connectivity index (χ0v) is 19.7.